The smallest absolute Gasteiger partial charge is 0.416 e. The zero-order valence-electron chi connectivity index (χ0n) is 13.3. The van der Waals surface area contributed by atoms with E-state index in [0.717, 1.165) is 31.4 Å². The number of nitriles is 1. The number of nitrogens with zero attached hydrogens (tertiary/aromatic N) is 1. The Labute approximate surface area is 142 Å². The Balaban J connectivity index is 2.79. The molecule has 1 aromatic rings. The molecule has 1 aromatic carbocycles. The van der Waals surface area contributed by atoms with Crippen molar-refractivity contribution in [3.63, 3.8) is 0 Å². The van der Waals surface area contributed by atoms with Gasteiger partial charge < -0.3 is 15.2 Å². The van der Waals surface area contributed by atoms with Crippen molar-refractivity contribution in [1.82, 2.24) is 5.32 Å². The Morgan fingerprint density at radius 1 is 1.32 bits per heavy atom. The predicted molar refractivity (Wildman–Crippen MR) is 79.8 cm³/mol. The molecule has 0 fully saturated rings. The molecule has 0 aliphatic heterocycles. The number of alkyl halides is 3. The monoisotopic (exact) mass is 358 g/mol. The molecule has 1 amide bonds. The van der Waals surface area contributed by atoms with Crippen LogP contribution in [0.4, 0.5) is 13.2 Å². The van der Waals surface area contributed by atoms with Crippen LogP contribution in [0.2, 0.25) is 0 Å². The average Bonchev–Trinajstić information content (AvgIpc) is 2.58. The van der Waals surface area contributed by atoms with Crippen LogP contribution in [0.15, 0.2) is 24.3 Å². The first-order valence-electron chi connectivity index (χ1n) is 7.31. The third kappa shape index (κ3) is 6.08. The Kier molecular flexibility index (Phi) is 7.39. The minimum absolute atomic E-state index is 0.0499. The number of aliphatic hydroxyl groups is 1. The number of carbonyl (C=O) groups is 2. The maximum Gasteiger partial charge on any atom is 0.416 e. The van der Waals surface area contributed by atoms with Gasteiger partial charge in [-0.1, -0.05) is 12.1 Å². The van der Waals surface area contributed by atoms with Crippen molar-refractivity contribution in [2.45, 2.75) is 37.6 Å². The van der Waals surface area contributed by atoms with Crippen molar-refractivity contribution in [1.29, 1.82) is 5.26 Å². The van der Waals surface area contributed by atoms with Crippen LogP contribution in [0.3, 0.4) is 0 Å². The first-order chi connectivity index (χ1) is 11.7. The van der Waals surface area contributed by atoms with Gasteiger partial charge in [-0.3, -0.25) is 4.79 Å². The van der Waals surface area contributed by atoms with E-state index in [-0.39, 0.29) is 18.4 Å². The molecule has 0 heterocycles. The summed E-state index contributed by atoms with van der Waals surface area (Å²) in [7, 11) is 1.12. The summed E-state index contributed by atoms with van der Waals surface area (Å²) >= 11 is 0. The lowest BCUT2D eigenvalue weighted by molar-refractivity contribution is -0.146. The van der Waals surface area contributed by atoms with Gasteiger partial charge in [0.15, 0.2) is 6.10 Å². The summed E-state index contributed by atoms with van der Waals surface area (Å²) in [6, 6.07) is 4.29. The van der Waals surface area contributed by atoms with Gasteiger partial charge in [0, 0.05) is 6.42 Å². The highest BCUT2D eigenvalue weighted by Crippen LogP contribution is 2.30. The zero-order chi connectivity index (χ0) is 19.0. The maximum absolute atomic E-state index is 12.5. The lowest BCUT2D eigenvalue weighted by Crippen LogP contribution is -2.43. The number of esters is 1. The van der Waals surface area contributed by atoms with Gasteiger partial charge >= 0.3 is 12.1 Å². The molecule has 2 atom stereocenters. The molecule has 0 saturated heterocycles. The number of rotatable bonds is 7. The molecule has 0 unspecified atom stereocenters. The average molecular weight is 358 g/mol. The molecule has 6 nitrogen and oxygen atoms in total. The largest absolute Gasteiger partial charge is 0.467 e. The first kappa shape index (κ1) is 20.4. The zero-order valence-corrected chi connectivity index (χ0v) is 13.3. The highest BCUT2D eigenvalue weighted by atomic mass is 19.4. The fraction of sp³-hybridized carbons (Fsp3) is 0.438. The summed E-state index contributed by atoms with van der Waals surface area (Å²) in [5, 5.41) is 20.7. The fourth-order valence-corrected chi connectivity index (χ4v) is 2.03. The van der Waals surface area contributed by atoms with Crippen LogP contribution in [-0.2, 0) is 20.5 Å². The molecule has 1 rings (SSSR count). The van der Waals surface area contributed by atoms with Crippen LogP contribution < -0.4 is 5.32 Å². The number of ether oxygens (including phenoxy) is 1. The molecule has 9 heteroatoms. The molecule has 0 saturated carbocycles. The summed E-state index contributed by atoms with van der Waals surface area (Å²) in [5.74, 6) is -1.70. The van der Waals surface area contributed by atoms with E-state index in [0.29, 0.717) is 6.42 Å². The number of amides is 1. The number of halogens is 3. The summed E-state index contributed by atoms with van der Waals surface area (Å²) in [6.07, 6.45) is -5.64. The molecule has 136 valence electrons. The second kappa shape index (κ2) is 9.03. The summed E-state index contributed by atoms with van der Waals surface area (Å²) < 4.78 is 42.1. The lowest BCUT2D eigenvalue weighted by Gasteiger charge is -2.19. The van der Waals surface area contributed by atoms with E-state index in [2.05, 4.69) is 10.1 Å². The normalized spacial score (nSPS) is 13.4. The van der Waals surface area contributed by atoms with Gasteiger partial charge in [0.25, 0.3) is 5.91 Å². The van der Waals surface area contributed by atoms with Crippen molar-refractivity contribution < 1.29 is 32.6 Å². The molecule has 0 spiro atoms. The van der Waals surface area contributed by atoms with Crippen LogP contribution in [0.1, 0.15) is 36.5 Å². The fourth-order valence-electron chi connectivity index (χ4n) is 2.03. The number of nitrogens with one attached hydrogen (secondary N) is 1. The van der Waals surface area contributed by atoms with Crippen LogP contribution in [-0.4, -0.2) is 30.1 Å². The summed E-state index contributed by atoms with van der Waals surface area (Å²) in [4.78, 5) is 23.7. The molecular formula is C16H17F3N2O4. The molecule has 0 aliphatic rings. The SMILES string of the molecule is COC(=O)[C@H](CCCC#N)NC(=O)[C@H](O)c1ccc(C(F)(F)F)cc1. The van der Waals surface area contributed by atoms with Crippen LogP contribution in [0.25, 0.3) is 0 Å². The highest BCUT2D eigenvalue weighted by Gasteiger charge is 2.31. The van der Waals surface area contributed by atoms with E-state index >= 15 is 0 Å². The van der Waals surface area contributed by atoms with Gasteiger partial charge in [-0.15, -0.1) is 0 Å². The van der Waals surface area contributed by atoms with Crippen molar-refractivity contribution in [3.8, 4) is 6.07 Å². The van der Waals surface area contributed by atoms with E-state index in [1.807, 2.05) is 6.07 Å². The van der Waals surface area contributed by atoms with Crippen LogP contribution in [0, 0.1) is 11.3 Å². The van der Waals surface area contributed by atoms with E-state index in [4.69, 9.17) is 5.26 Å². The van der Waals surface area contributed by atoms with Gasteiger partial charge in [-0.25, -0.2) is 4.79 Å². The Morgan fingerprint density at radius 3 is 2.40 bits per heavy atom. The van der Waals surface area contributed by atoms with E-state index in [1.165, 1.54) is 0 Å². The summed E-state index contributed by atoms with van der Waals surface area (Å²) in [5.41, 5.74) is -0.959. The van der Waals surface area contributed by atoms with E-state index in [1.54, 1.807) is 0 Å². The third-order valence-electron chi connectivity index (χ3n) is 3.39. The molecule has 25 heavy (non-hydrogen) atoms. The van der Waals surface area contributed by atoms with Crippen molar-refractivity contribution in [2.24, 2.45) is 0 Å². The van der Waals surface area contributed by atoms with Gasteiger partial charge in [0.2, 0.25) is 0 Å². The van der Waals surface area contributed by atoms with Gasteiger partial charge in [0.05, 0.1) is 18.7 Å². The van der Waals surface area contributed by atoms with Gasteiger partial charge in [-0.2, -0.15) is 18.4 Å². The minimum Gasteiger partial charge on any atom is -0.467 e. The molecular weight excluding hydrogens is 341 g/mol. The summed E-state index contributed by atoms with van der Waals surface area (Å²) in [6.45, 7) is 0. The number of benzene rings is 1. The Bertz CT molecular complexity index is 638. The van der Waals surface area contributed by atoms with E-state index in [9.17, 15) is 27.9 Å². The van der Waals surface area contributed by atoms with Crippen LogP contribution in [0.5, 0.6) is 0 Å². The number of carbonyl (C=O) groups excluding carboxylic acids is 2. The second-order valence-corrected chi connectivity index (χ2v) is 5.16. The van der Waals surface area contributed by atoms with E-state index < -0.39 is 35.8 Å². The molecule has 0 bridgehead atoms. The number of unbranched alkanes of at least 4 members (excludes halogenated alkanes) is 1. The Hall–Kier alpha value is -2.60. The standard InChI is InChI=1S/C16H17F3N2O4/c1-25-15(24)12(4-2-3-9-20)21-14(23)13(22)10-5-7-11(8-6-10)16(17,18)19/h5-8,12-13,22H,2-4H2,1H3,(H,21,23)/t12-,13+/m0/s1. The molecule has 0 aliphatic carbocycles. The van der Waals surface area contributed by atoms with Crippen molar-refractivity contribution in [2.75, 3.05) is 7.11 Å². The molecule has 2 N–H and O–H groups in total. The molecule has 0 aromatic heterocycles. The second-order valence-electron chi connectivity index (χ2n) is 5.16. The topological polar surface area (TPSA) is 99.4 Å². The minimum atomic E-state index is -4.53. The predicted octanol–water partition coefficient (Wildman–Crippen LogP) is 2.09. The maximum atomic E-state index is 12.5. The van der Waals surface area contributed by atoms with Crippen molar-refractivity contribution >= 4 is 11.9 Å². The highest BCUT2D eigenvalue weighted by molar-refractivity contribution is 5.87. The number of hydrogen-bond donors (Lipinski definition) is 2. The van der Waals surface area contributed by atoms with Gasteiger partial charge in [0.1, 0.15) is 6.04 Å². The Morgan fingerprint density at radius 2 is 1.92 bits per heavy atom. The quantitative estimate of drug-likeness (QED) is 0.574. The lowest BCUT2D eigenvalue weighted by atomic mass is 10.0. The third-order valence-corrected chi connectivity index (χ3v) is 3.39. The number of methoxy groups -OCH3 is 1. The van der Waals surface area contributed by atoms with Crippen molar-refractivity contribution in [3.05, 3.63) is 35.4 Å². The van der Waals surface area contributed by atoms with Crippen LogP contribution >= 0.6 is 0 Å². The number of aliphatic hydroxyl groups excluding tert-OH is 1. The number of hydrogen-bond acceptors (Lipinski definition) is 5. The first-order valence-corrected chi connectivity index (χ1v) is 7.31. The molecule has 0 radical (unpaired) electrons. The van der Waals surface area contributed by atoms with Gasteiger partial charge in [-0.05, 0) is 30.5 Å².